The lowest BCUT2D eigenvalue weighted by Gasteiger charge is -2.23. The van der Waals surface area contributed by atoms with E-state index in [1.165, 1.54) is 38.5 Å². The van der Waals surface area contributed by atoms with Crippen LogP contribution in [0.4, 0.5) is 18.9 Å². The van der Waals surface area contributed by atoms with Crippen LogP contribution in [0, 0.1) is 0 Å². The maximum absolute atomic E-state index is 13.0. The number of anilines is 1. The number of sulfonamides is 1. The molecule has 9 nitrogen and oxygen atoms in total. The van der Waals surface area contributed by atoms with Crippen LogP contribution in [-0.4, -0.2) is 47.1 Å². The number of pyridine rings is 1. The van der Waals surface area contributed by atoms with E-state index in [0.717, 1.165) is 15.6 Å². The van der Waals surface area contributed by atoms with Gasteiger partial charge in [-0.05, 0) is 13.8 Å². The van der Waals surface area contributed by atoms with Crippen molar-refractivity contribution in [1.29, 1.82) is 0 Å². The lowest BCUT2D eigenvalue weighted by molar-refractivity contribution is 0.116. The van der Waals surface area contributed by atoms with Crippen molar-refractivity contribution < 1.29 is 30.7 Å². The van der Waals surface area contributed by atoms with Gasteiger partial charge in [-0.15, -0.1) is 21.5 Å². The number of alkyl halides is 3. The Morgan fingerprint density at radius 2 is 2.00 bits per heavy atom. The third-order valence-corrected chi connectivity index (χ3v) is 6.55. The molecule has 0 saturated carbocycles. The first kappa shape index (κ1) is 22.9. The summed E-state index contributed by atoms with van der Waals surface area (Å²) in [4.78, 5) is 8.42. The monoisotopic (exact) mass is 477 g/mol. The zero-order valence-corrected chi connectivity index (χ0v) is 18.0. The summed E-state index contributed by atoms with van der Waals surface area (Å²) in [7, 11) is -3.74. The molecule has 14 heteroatoms. The van der Waals surface area contributed by atoms with Gasteiger partial charge in [-0.2, -0.15) is 8.78 Å². The number of thiazole rings is 1. The first-order chi connectivity index (χ1) is 14.7. The third kappa shape index (κ3) is 5.70. The summed E-state index contributed by atoms with van der Waals surface area (Å²) in [6.45, 7) is 2.46. The summed E-state index contributed by atoms with van der Waals surface area (Å²) in [5.74, 6) is -0.935. The van der Waals surface area contributed by atoms with Crippen molar-refractivity contribution in [2.45, 2.75) is 33.0 Å². The number of ether oxygens (including phenoxy) is 1. The van der Waals surface area contributed by atoms with Crippen molar-refractivity contribution in [3.05, 3.63) is 35.6 Å². The normalized spacial score (nSPS) is 12.8. The number of nitrogens with zero attached hydrogens (tertiary/aromatic N) is 5. The maximum Gasteiger partial charge on any atom is 0.314 e. The van der Waals surface area contributed by atoms with Gasteiger partial charge in [0.2, 0.25) is 10.0 Å². The molecule has 31 heavy (non-hydrogen) atoms. The van der Waals surface area contributed by atoms with Crippen LogP contribution in [0.2, 0.25) is 0 Å². The molecule has 0 aromatic carbocycles. The molecule has 0 amide bonds. The molecule has 1 atom stereocenters. The van der Waals surface area contributed by atoms with E-state index in [9.17, 15) is 21.6 Å². The highest BCUT2D eigenvalue weighted by Crippen LogP contribution is 2.30. The summed E-state index contributed by atoms with van der Waals surface area (Å²) < 4.78 is 75.0. The smallest absolute Gasteiger partial charge is 0.314 e. The van der Waals surface area contributed by atoms with Crippen LogP contribution < -0.4 is 9.04 Å². The Morgan fingerprint density at radius 1 is 1.23 bits per heavy atom. The molecule has 0 aliphatic heterocycles. The lowest BCUT2D eigenvalue weighted by atomic mass is 10.4. The predicted octanol–water partition coefficient (Wildman–Crippen LogP) is 3.62. The molecule has 0 spiro atoms. The number of hydrogen-bond donors (Lipinski definition) is 0. The van der Waals surface area contributed by atoms with Crippen LogP contribution >= 0.6 is 11.3 Å². The fourth-order valence-corrected chi connectivity index (χ4v) is 4.33. The summed E-state index contributed by atoms with van der Waals surface area (Å²) >= 11 is 1.02. The van der Waals surface area contributed by atoms with Crippen LogP contribution in [0.3, 0.4) is 0 Å². The van der Waals surface area contributed by atoms with Crippen LogP contribution in [0.5, 0.6) is 5.75 Å². The molecule has 0 bridgehead atoms. The Morgan fingerprint density at radius 3 is 2.65 bits per heavy atom. The lowest BCUT2D eigenvalue weighted by Crippen LogP contribution is -2.32. The molecule has 0 N–H and O–H groups in total. The number of hydrogen-bond acceptors (Lipinski definition) is 9. The Hall–Kier alpha value is -2.74. The van der Waals surface area contributed by atoms with Crippen LogP contribution in [0.15, 0.2) is 29.1 Å². The second kappa shape index (κ2) is 9.60. The molecule has 0 saturated heterocycles. The van der Waals surface area contributed by atoms with Gasteiger partial charge in [0.15, 0.2) is 0 Å². The second-order valence-electron chi connectivity index (χ2n) is 6.24. The minimum absolute atomic E-state index is 0.138. The molecule has 0 fully saturated rings. The fraction of sp³-hybridized carbons (Fsp3) is 0.412. The van der Waals surface area contributed by atoms with Crippen LogP contribution in [0.1, 0.15) is 31.2 Å². The molecular formula is C17H18F3N5O4S2. The third-order valence-electron chi connectivity index (χ3n) is 3.84. The summed E-state index contributed by atoms with van der Waals surface area (Å²) in [5, 5.41) is 7.17. The first-order valence-corrected chi connectivity index (χ1v) is 11.4. The molecule has 3 aromatic rings. The zero-order chi connectivity index (χ0) is 22.6. The highest BCUT2D eigenvalue weighted by molar-refractivity contribution is 7.92. The molecule has 1 unspecified atom stereocenters. The van der Waals surface area contributed by atoms with Gasteiger partial charge in [0.05, 0.1) is 36.6 Å². The first-order valence-electron chi connectivity index (χ1n) is 8.98. The molecular weight excluding hydrogens is 459 g/mol. The van der Waals surface area contributed by atoms with Crippen molar-refractivity contribution in [2.24, 2.45) is 0 Å². The van der Waals surface area contributed by atoms with Gasteiger partial charge in [0.1, 0.15) is 28.4 Å². The minimum atomic E-state index is -3.74. The van der Waals surface area contributed by atoms with E-state index in [4.69, 9.17) is 9.15 Å². The van der Waals surface area contributed by atoms with E-state index in [1.54, 1.807) is 0 Å². The molecule has 3 rings (SSSR count). The van der Waals surface area contributed by atoms with Crippen molar-refractivity contribution in [2.75, 3.05) is 16.7 Å². The average Bonchev–Trinajstić information content (AvgIpc) is 3.40. The van der Waals surface area contributed by atoms with Crippen LogP contribution in [0.25, 0.3) is 10.8 Å². The number of aromatic nitrogens is 4. The second-order valence-corrected chi connectivity index (χ2v) is 9.54. The maximum atomic E-state index is 13.0. The van der Waals surface area contributed by atoms with Crippen molar-refractivity contribution in [3.8, 4) is 16.5 Å². The average molecular weight is 477 g/mol. The Balaban J connectivity index is 1.86. The quantitative estimate of drug-likeness (QED) is 0.435. The largest absolute Gasteiger partial charge is 0.489 e. The fourth-order valence-electron chi connectivity index (χ4n) is 2.37. The molecule has 0 radical (unpaired) electrons. The molecule has 3 aromatic heterocycles. The van der Waals surface area contributed by atoms with Crippen LogP contribution in [-0.2, 0) is 16.6 Å². The van der Waals surface area contributed by atoms with Gasteiger partial charge >= 0.3 is 6.43 Å². The highest BCUT2D eigenvalue weighted by Gasteiger charge is 2.24. The van der Waals surface area contributed by atoms with Gasteiger partial charge in [0.25, 0.3) is 11.8 Å². The van der Waals surface area contributed by atoms with Gasteiger partial charge in [-0.25, -0.2) is 17.8 Å². The van der Waals surface area contributed by atoms with Crippen molar-refractivity contribution in [1.82, 2.24) is 20.2 Å². The van der Waals surface area contributed by atoms with E-state index >= 15 is 0 Å². The summed E-state index contributed by atoms with van der Waals surface area (Å²) in [6, 6.07) is 1.43. The highest BCUT2D eigenvalue weighted by atomic mass is 32.2. The number of rotatable bonds is 10. The number of halogens is 3. The van der Waals surface area contributed by atoms with E-state index in [1.807, 2.05) is 0 Å². The Labute approximate surface area is 180 Å². The van der Waals surface area contributed by atoms with E-state index in [0.29, 0.717) is 9.88 Å². The van der Waals surface area contributed by atoms with Gasteiger partial charge in [0, 0.05) is 6.07 Å². The van der Waals surface area contributed by atoms with Crippen molar-refractivity contribution >= 4 is 27.0 Å². The zero-order valence-electron chi connectivity index (χ0n) is 16.4. The minimum Gasteiger partial charge on any atom is -0.489 e. The van der Waals surface area contributed by atoms with Gasteiger partial charge in [-0.1, -0.05) is 0 Å². The summed E-state index contributed by atoms with van der Waals surface area (Å²) in [6.07, 6.45) is -0.0926. The van der Waals surface area contributed by atoms with E-state index in [-0.39, 0.29) is 36.2 Å². The SMILES string of the molecule is CCS(=O)(=O)N(Cc1ncc(-c2nnc(C(F)F)o2)s1)c1cncc(OCC(C)F)c1. The van der Waals surface area contributed by atoms with E-state index < -0.39 is 28.5 Å². The molecule has 0 aliphatic rings. The molecule has 3 heterocycles. The molecule has 0 aliphatic carbocycles. The summed E-state index contributed by atoms with van der Waals surface area (Å²) in [5.41, 5.74) is 0.209. The molecule has 168 valence electrons. The standard InChI is InChI=1S/C17H18F3N5O4S2/c1-3-31(26,27)25(11-4-12(6-21-5-11)28-9-10(2)18)8-14-22-7-13(30-14)16-23-24-17(29-16)15(19)20/h4-7,10,15H,3,8-9H2,1-2H3. The Kier molecular flexibility index (Phi) is 7.10. The van der Waals surface area contributed by atoms with E-state index in [2.05, 4.69) is 20.2 Å². The Bertz CT molecular complexity index is 1120. The van der Waals surface area contributed by atoms with Gasteiger partial charge in [-0.3, -0.25) is 9.29 Å². The predicted molar refractivity (Wildman–Crippen MR) is 106 cm³/mol. The topological polar surface area (TPSA) is 111 Å². The van der Waals surface area contributed by atoms with Crippen molar-refractivity contribution in [3.63, 3.8) is 0 Å². The van der Waals surface area contributed by atoms with Gasteiger partial charge < -0.3 is 9.15 Å².